The first-order valence-corrected chi connectivity index (χ1v) is 47.8. The average Bonchev–Trinajstić information content (AvgIpc) is 2.86. The van der Waals surface area contributed by atoms with Crippen molar-refractivity contribution in [1.82, 2.24) is 0 Å². The van der Waals surface area contributed by atoms with Gasteiger partial charge in [0.1, 0.15) is 0 Å². The molecule has 1 heterocycles. The number of fused-ring (bicyclic) bond motifs is 2. The average molecular weight is 862 g/mol. The maximum atomic E-state index is 3.02. The summed E-state index contributed by atoms with van der Waals surface area (Å²) in [5, 5.41) is 2.90. The van der Waals surface area contributed by atoms with Crippen molar-refractivity contribution in [2.75, 3.05) is 0 Å². The van der Waals surface area contributed by atoms with Gasteiger partial charge in [-0.25, -0.2) is 0 Å². The molecule has 0 saturated heterocycles. The van der Waals surface area contributed by atoms with Crippen molar-refractivity contribution >= 4 is 85.3 Å². The van der Waals surface area contributed by atoms with Crippen LogP contribution >= 0.6 is 0 Å². The summed E-state index contributed by atoms with van der Waals surface area (Å²) >= 11 is -2.29. The zero-order chi connectivity index (χ0) is 39.1. The van der Waals surface area contributed by atoms with E-state index >= 15 is 0 Å². The van der Waals surface area contributed by atoms with Crippen LogP contribution < -0.4 is 14.0 Å². The Morgan fingerprint density at radius 3 is 1.24 bits per heavy atom. The molecule has 51 heavy (non-hydrogen) atoms. The van der Waals surface area contributed by atoms with Gasteiger partial charge in [0.25, 0.3) is 0 Å². The molecule has 0 N–H and O–H groups in total. The van der Waals surface area contributed by atoms with Crippen LogP contribution in [0.25, 0.3) is 6.08 Å². The second-order valence-electron chi connectivity index (χ2n) is 23.6. The molecule has 1 aliphatic rings. The summed E-state index contributed by atoms with van der Waals surface area (Å²) in [4.78, 5) is 0. The third-order valence-corrected chi connectivity index (χ3v) is 58.2. The summed E-state index contributed by atoms with van der Waals surface area (Å²) in [5.74, 6) is 0. The van der Waals surface area contributed by atoms with Crippen LogP contribution in [-0.4, -0.2) is 70.4 Å². The molecule has 0 unspecified atom stereocenters. The van der Waals surface area contributed by atoms with Gasteiger partial charge in [-0.3, -0.25) is 0 Å². The summed E-state index contributed by atoms with van der Waals surface area (Å²) in [6.07, 6.45) is 2.52. The van der Waals surface area contributed by atoms with E-state index in [9.17, 15) is 0 Å². The zero-order valence-electron chi connectivity index (χ0n) is 37.0. The summed E-state index contributed by atoms with van der Waals surface area (Å²) in [5.41, 5.74) is 7.04. The van der Waals surface area contributed by atoms with Crippen LogP contribution in [0.1, 0.15) is 32.6 Å². The Labute approximate surface area is 327 Å². The fourth-order valence-corrected chi connectivity index (χ4v) is 76.6. The van der Waals surface area contributed by atoms with Crippen LogP contribution in [0.4, 0.5) is 0 Å². The SMILES string of the molecule is C[Si](C)(C)C(c1cc(C([Si](C)(C)C)([Si](C)(C)C)[Si](C)(C)C)cc(C([Si](C)(C)C)[Si](C)(C)C)[c]1[Ge]1=[c]2ccccc2=Cc2cccc[c]21)[Si](C)(C)C. The molecule has 0 amide bonds. The molecule has 0 bridgehead atoms. The predicted molar refractivity (Wildman–Crippen MR) is 257 cm³/mol. The standard InChI is InChI=1S/C43H76GeSi7/c1-45(2,3)41(46(4,5)6)36-31-35(43(49(13,14)15,50(16,17)18)51(19,20)21)32-37(42(47(7,8)9)48(10,11)12)40(36)44-38-28-24-22-26-33(38)30-34-27-23-25-29-39(34)44/h22-32,41-42H,1-21H3. The molecule has 3 aromatic rings. The second kappa shape index (κ2) is 14.0. The van der Waals surface area contributed by atoms with Crippen molar-refractivity contribution in [3.05, 3.63) is 92.1 Å². The van der Waals surface area contributed by atoms with Crippen molar-refractivity contribution in [2.45, 2.75) is 152 Å². The van der Waals surface area contributed by atoms with E-state index in [4.69, 9.17) is 0 Å². The van der Waals surface area contributed by atoms with Gasteiger partial charge in [0.05, 0.1) is 0 Å². The first-order chi connectivity index (χ1) is 22.8. The van der Waals surface area contributed by atoms with E-state index in [0.717, 1.165) is 0 Å². The molecular weight excluding hydrogens is 786 g/mol. The van der Waals surface area contributed by atoms with Gasteiger partial charge in [0.2, 0.25) is 0 Å². The molecule has 0 spiro atoms. The van der Waals surface area contributed by atoms with E-state index in [-0.39, 0.29) is 0 Å². The van der Waals surface area contributed by atoms with Gasteiger partial charge in [0.15, 0.2) is 0 Å². The fraction of sp³-hybridized carbons (Fsp3) is 0.558. The van der Waals surface area contributed by atoms with Crippen molar-refractivity contribution in [3.63, 3.8) is 0 Å². The van der Waals surface area contributed by atoms with E-state index in [0.29, 0.717) is 14.6 Å². The number of hydrogen-bond donors (Lipinski definition) is 0. The summed E-state index contributed by atoms with van der Waals surface area (Å²) in [7, 11) is -11.9. The van der Waals surface area contributed by atoms with Gasteiger partial charge in [-0.2, -0.15) is 0 Å². The molecule has 3 aromatic carbocycles. The molecule has 0 atom stereocenters. The fourth-order valence-electron chi connectivity index (χ4n) is 13.1. The normalized spacial score (nSPS) is 15.2. The van der Waals surface area contributed by atoms with Crippen molar-refractivity contribution < 1.29 is 0 Å². The van der Waals surface area contributed by atoms with Gasteiger partial charge in [-0.1, -0.05) is 0 Å². The molecule has 0 nitrogen and oxygen atoms in total. The van der Waals surface area contributed by atoms with Crippen molar-refractivity contribution in [2.24, 2.45) is 0 Å². The monoisotopic (exact) mass is 862 g/mol. The van der Waals surface area contributed by atoms with Crippen LogP contribution in [-0.2, 0) is 4.28 Å². The third-order valence-electron chi connectivity index (χ3n) is 12.1. The number of rotatable bonds is 11. The maximum absolute atomic E-state index is 3.02. The zero-order valence-corrected chi connectivity index (χ0v) is 46.1. The van der Waals surface area contributed by atoms with Gasteiger partial charge in [-0.05, 0) is 0 Å². The molecule has 0 fully saturated rings. The van der Waals surface area contributed by atoms with Gasteiger partial charge in [0, 0.05) is 0 Å². The molecule has 280 valence electrons. The van der Waals surface area contributed by atoms with Crippen LogP contribution in [0.3, 0.4) is 0 Å². The Kier molecular flexibility index (Phi) is 11.9. The molecule has 4 rings (SSSR count). The number of hydrogen-bond acceptors (Lipinski definition) is 0. The van der Waals surface area contributed by atoms with Crippen molar-refractivity contribution in [3.8, 4) is 0 Å². The topological polar surface area (TPSA) is 0 Å². The van der Waals surface area contributed by atoms with Gasteiger partial charge >= 0.3 is 330 Å². The Morgan fingerprint density at radius 2 is 0.843 bits per heavy atom. The third kappa shape index (κ3) is 7.99. The van der Waals surface area contributed by atoms with Crippen LogP contribution in [0, 0.1) is 4.00 Å². The molecular formula is C43H76GeSi7. The van der Waals surface area contributed by atoms with E-state index in [2.05, 4.69) is 204 Å². The molecule has 0 saturated carbocycles. The van der Waals surface area contributed by atoms with Crippen molar-refractivity contribution in [1.29, 1.82) is 0 Å². The molecule has 0 aliphatic carbocycles. The number of benzene rings is 3. The van der Waals surface area contributed by atoms with Gasteiger partial charge in [-0.15, -0.1) is 0 Å². The molecule has 8 heteroatoms. The first-order valence-electron chi connectivity index (χ1n) is 19.9. The van der Waals surface area contributed by atoms with Crippen LogP contribution in [0.5, 0.6) is 0 Å². The van der Waals surface area contributed by atoms with Crippen LogP contribution in [0.15, 0.2) is 60.7 Å². The molecule has 0 aromatic heterocycles. The second-order valence-corrected chi connectivity index (χ2v) is 68.1. The summed E-state index contributed by atoms with van der Waals surface area (Å²) < 4.78 is 5.64. The Hall–Kier alpha value is -0.409. The predicted octanol–water partition coefficient (Wildman–Crippen LogP) is 11.5. The van der Waals surface area contributed by atoms with E-state index in [1.54, 1.807) is 8.39 Å². The Bertz CT molecular complexity index is 1780. The van der Waals surface area contributed by atoms with E-state index < -0.39 is 70.4 Å². The van der Waals surface area contributed by atoms with Crippen LogP contribution in [0.2, 0.25) is 137 Å². The Balaban J connectivity index is 2.56. The first kappa shape index (κ1) is 43.3. The quantitative estimate of drug-likeness (QED) is 0.132. The minimum absolute atomic E-state index is 0.350. The molecule has 1 aliphatic heterocycles. The molecule has 0 radical (unpaired) electrons. The Morgan fingerprint density at radius 1 is 0.471 bits per heavy atom. The summed E-state index contributed by atoms with van der Waals surface area (Å²) in [6, 6.07) is 25.3. The van der Waals surface area contributed by atoms with E-state index in [1.807, 2.05) is 21.1 Å². The van der Waals surface area contributed by atoms with Gasteiger partial charge < -0.3 is 0 Å². The summed E-state index contributed by atoms with van der Waals surface area (Å²) in [6.45, 7) is 57.6. The minimum atomic E-state index is -2.29. The van der Waals surface area contributed by atoms with E-state index in [1.165, 1.54) is 10.8 Å².